The summed E-state index contributed by atoms with van der Waals surface area (Å²) in [6, 6.07) is 0. The molecular weight excluding hydrogens is 132 g/mol. The van der Waals surface area contributed by atoms with Crippen molar-refractivity contribution < 1.29 is 14.9 Å². The molecule has 0 amide bonds. The number of aliphatic hydroxyl groups is 2. The maximum absolute atomic E-state index is 9.21. The maximum Gasteiger partial charge on any atom is 0.106 e. The first-order valence-corrected chi connectivity index (χ1v) is 3.52. The Kier molecular flexibility index (Phi) is 4.60. The number of methoxy groups -OCH3 is 1. The van der Waals surface area contributed by atoms with Crippen LogP contribution in [0.25, 0.3) is 0 Å². The third-order valence-corrected chi connectivity index (χ3v) is 1.58. The Hall–Kier alpha value is -0.120. The fourth-order valence-corrected chi connectivity index (χ4v) is 0.858. The molecule has 0 aliphatic heterocycles. The topological polar surface area (TPSA) is 49.7 Å². The minimum atomic E-state index is -0.769. The molecule has 0 aliphatic carbocycles. The van der Waals surface area contributed by atoms with Crippen LogP contribution in [0.4, 0.5) is 0 Å². The molecule has 0 bridgehead atoms. The van der Waals surface area contributed by atoms with Gasteiger partial charge >= 0.3 is 0 Å². The fourth-order valence-electron chi connectivity index (χ4n) is 0.858. The van der Waals surface area contributed by atoms with Crippen LogP contribution in [-0.2, 0) is 4.74 Å². The minimum absolute atomic E-state index is 0.250. The van der Waals surface area contributed by atoms with E-state index >= 15 is 0 Å². The molecule has 0 aliphatic rings. The van der Waals surface area contributed by atoms with Crippen molar-refractivity contribution in [2.75, 3.05) is 7.11 Å². The Balaban J connectivity index is 3.76. The molecule has 0 radical (unpaired) electrons. The van der Waals surface area contributed by atoms with Gasteiger partial charge in [0.05, 0.1) is 12.2 Å². The molecule has 0 aromatic rings. The van der Waals surface area contributed by atoms with E-state index in [0.29, 0.717) is 6.42 Å². The van der Waals surface area contributed by atoms with Crippen molar-refractivity contribution in [3.8, 4) is 0 Å². The summed E-state index contributed by atoms with van der Waals surface area (Å²) in [4.78, 5) is 0. The highest BCUT2D eigenvalue weighted by Gasteiger charge is 2.20. The van der Waals surface area contributed by atoms with Gasteiger partial charge in [0.1, 0.15) is 6.10 Å². The van der Waals surface area contributed by atoms with E-state index in [-0.39, 0.29) is 6.10 Å². The third kappa shape index (κ3) is 2.64. The van der Waals surface area contributed by atoms with Gasteiger partial charge < -0.3 is 14.9 Å². The Bertz CT molecular complexity index is 78.9. The van der Waals surface area contributed by atoms with Crippen molar-refractivity contribution in [2.45, 2.75) is 38.6 Å². The summed E-state index contributed by atoms with van der Waals surface area (Å²) in [5.74, 6) is 0. The van der Waals surface area contributed by atoms with Crippen LogP contribution in [0.1, 0.15) is 20.3 Å². The van der Waals surface area contributed by atoms with E-state index in [9.17, 15) is 5.11 Å². The lowest BCUT2D eigenvalue weighted by Crippen LogP contribution is -2.36. The first-order valence-electron chi connectivity index (χ1n) is 3.52. The van der Waals surface area contributed by atoms with Crippen molar-refractivity contribution in [1.82, 2.24) is 0 Å². The molecule has 0 fully saturated rings. The Morgan fingerprint density at radius 1 is 1.40 bits per heavy atom. The van der Waals surface area contributed by atoms with Crippen LogP contribution in [0.2, 0.25) is 0 Å². The molecule has 3 atom stereocenters. The molecule has 0 spiro atoms. The second-order valence-corrected chi connectivity index (χ2v) is 2.41. The fraction of sp³-hybridized carbons (Fsp3) is 1.00. The smallest absolute Gasteiger partial charge is 0.106 e. The molecule has 3 nitrogen and oxygen atoms in total. The zero-order valence-electron chi connectivity index (χ0n) is 6.74. The molecule has 2 N–H and O–H groups in total. The summed E-state index contributed by atoms with van der Waals surface area (Å²) >= 11 is 0. The standard InChI is InChI=1S/C7H16O3/c1-4-6(10-3)7(9)5(2)8/h5-9H,4H2,1-3H3/t5-,6+,7-/m1/s1. The van der Waals surface area contributed by atoms with Gasteiger partial charge in [0.15, 0.2) is 0 Å². The van der Waals surface area contributed by atoms with Gasteiger partial charge in [-0.05, 0) is 13.3 Å². The molecule has 62 valence electrons. The SMILES string of the molecule is CC[C@H](OC)[C@H](O)[C@@H](C)O. The lowest BCUT2D eigenvalue weighted by Gasteiger charge is -2.21. The highest BCUT2D eigenvalue weighted by atomic mass is 16.5. The van der Waals surface area contributed by atoms with Crippen LogP contribution in [0.5, 0.6) is 0 Å². The van der Waals surface area contributed by atoms with Gasteiger partial charge in [-0.3, -0.25) is 0 Å². The second-order valence-electron chi connectivity index (χ2n) is 2.41. The Morgan fingerprint density at radius 2 is 1.90 bits per heavy atom. The largest absolute Gasteiger partial charge is 0.391 e. The summed E-state index contributed by atoms with van der Waals surface area (Å²) in [6.07, 6.45) is -1.03. The number of aliphatic hydroxyl groups excluding tert-OH is 2. The van der Waals surface area contributed by atoms with E-state index in [1.165, 1.54) is 7.11 Å². The Morgan fingerprint density at radius 3 is 2.00 bits per heavy atom. The molecule has 10 heavy (non-hydrogen) atoms. The predicted molar refractivity (Wildman–Crippen MR) is 38.8 cm³/mol. The number of ether oxygens (including phenoxy) is 1. The van der Waals surface area contributed by atoms with Gasteiger partial charge in [-0.25, -0.2) is 0 Å². The Labute approximate surface area is 61.6 Å². The van der Waals surface area contributed by atoms with Crippen molar-refractivity contribution in [1.29, 1.82) is 0 Å². The van der Waals surface area contributed by atoms with E-state index in [0.717, 1.165) is 0 Å². The van der Waals surface area contributed by atoms with Gasteiger partial charge in [-0.2, -0.15) is 0 Å². The lowest BCUT2D eigenvalue weighted by atomic mass is 10.1. The van der Waals surface area contributed by atoms with Crippen molar-refractivity contribution in [3.63, 3.8) is 0 Å². The van der Waals surface area contributed by atoms with Crippen LogP contribution in [0.3, 0.4) is 0 Å². The quantitative estimate of drug-likeness (QED) is 0.596. The first kappa shape index (κ1) is 9.88. The van der Waals surface area contributed by atoms with E-state index < -0.39 is 12.2 Å². The molecular formula is C7H16O3. The number of rotatable bonds is 4. The molecule has 0 aromatic heterocycles. The van der Waals surface area contributed by atoms with Crippen LogP contribution in [0, 0.1) is 0 Å². The summed E-state index contributed by atoms with van der Waals surface area (Å²) in [7, 11) is 1.53. The van der Waals surface area contributed by atoms with E-state index in [1.54, 1.807) is 6.92 Å². The molecule has 0 saturated heterocycles. The summed E-state index contributed by atoms with van der Waals surface area (Å²) in [6.45, 7) is 3.45. The summed E-state index contributed by atoms with van der Waals surface area (Å²) < 4.78 is 4.91. The van der Waals surface area contributed by atoms with Crippen molar-refractivity contribution in [2.24, 2.45) is 0 Å². The zero-order valence-corrected chi connectivity index (χ0v) is 6.74. The van der Waals surface area contributed by atoms with Crippen LogP contribution < -0.4 is 0 Å². The average molecular weight is 148 g/mol. The van der Waals surface area contributed by atoms with Crippen molar-refractivity contribution in [3.05, 3.63) is 0 Å². The van der Waals surface area contributed by atoms with Crippen LogP contribution >= 0.6 is 0 Å². The maximum atomic E-state index is 9.21. The average Bonchev–Trinajstić information content (AvgIpc) is 1.90. The normalized spacial score (nSPS) is 20.1. The summed E-state index contributed by atoms with van der Waals surface area (Å²) in [5.41, 5.74) is 0. The molecule has 3 heteroatoms. The predicted octanol–water partition coefficient (Wildman–Crippen LogP) is 0.153. The molecule has 0 saturated carbocycles. The van der Waals surface area contributed by atoms with Crippen molar-refractivity contribution >= 4 is 0 Å². The highest BCUT2D eigenvalue weighted by molar-refractivity contribution is 4.71. The molecule has 0 unspecified atom stereocenters. The third-order valence-electron chi connectivity index (χ3n) is 1.58. The van der Waals surface area contributed by atoms with Gasteiger partial charge in [0.25, 0.3) is 0 Å². The van der Waals surface area contributed by atoms with E-state index in [4.69, 9.17) is 9.84 Å². The van der Waals surface area contributed by atoms with Gasteiger partial charge in [-0.1, -0.05) is 6.92 Å². The monoisotopic (exact) mass is 148 g/mol. The second kappa shape index (κ2) is 4.66. The highest BCUT2D eigenvalue weighted by Crippen LogP contribution is 2.06. The van der Waals surface area contributed by atoms with Gasteiger partial charge in [0.2, 0.25) is 0 Å². The molecule has 0 aromatic carbocycles. The first-order chi connectivity index (χ1) is 4.63. The summed E-state index contributed by atoms with van der Waals surface area (Å²) in [5, 5.41) is 18.1. The zero-order chi connectivity index (χ0) is 8.15. The van der Waals surface area contributed by atoms with Crippen LogP contribution in [-0.4, -0.2) is 35.6 Å². The lowest BCUT2D eigenvalue weighted by molar-refractivity contribution is -0.0699. The number of hydrogen-bond acceptors (Lipinski definition) is 3. The molecule has 0 rings (SSSR count). The minimum Gasteiger partial charge on any atom is -0.391 e. The van der Waals surface area contributed by atoms with Gasteiger partial charge in [0, 0.05) is 7.11 Å². The number of hydrogen-bond donors (Lipinski definition) is 2. The molecule has 0 heterocycles. The van der Waals surface area contributed by atoms with E-state index in [1.807, 2.05) is 6.92 Å². The van der Waals surface area contributed by atoms with Gasteiger partial charge in [-0.15, -0.1) is 0 Å². The van der Waals surface area contributed by atoms with E-state index in [2.05, 4.69) is 0 Å². The van der Waals surface area contributed by atoms with Crippen LogP contribution in [0.15, 0.2) is 0 Å².